The Morgan fingerprint density at radius 2 is 2.27 bits per heavy atom. The fourth-order valence-corrected chi connectivity index (χ4v) is 1.47. The van der Waals surface area contributed by atoms with Crippen molar-refractivity contribution < 1.29 is 9.31 Å². The Bertz CT molecular complexity index is 411. The van der Waals surface area contributed by atoms with E-state index in [0.717, 1.165) is 17.8 Å². The summed E-state index contributed by atoms with van der Waals surface area (Å²) in [6, 6.07) is 3.30. The van der Waals surface area contributed by atoms with Crippen LogP contribution >= 0.6 is 11.8 Å². The molecule has 15 heavy (non-hydrogen) atoms. The Labute approximate surface area is 89.1 Å². The van der Waals surface area contributed by atoms with Gasteiger partial charge in [0, 0.05) is 11.8 Å². The lowest BCUT2D eigenvalue weighted by molar-refractivity contribution is -0.385. The Morgan fingerprint density at radius 3 is 2.80 bits per heavy atom. The molecule has 0 spiro atoms. The smallest absolute Gasteiger partial charge is 0.272 e. The molecule has 0 amide bonds. The van der Waals surface area contributed by atoms with Gasteiger partial charge in [-0.3, -0.25) is 15.5 Å². The summed E-state index contributed by atoms with van der Waals surface area (Å²) in [5, 5.41) is 17.2. The van der Waals surface area contributed by atoms with Crippen molar-refractivity contribution in [3.8, 4) is 0 Å². The number of nitro groups is 1. The first kappa shape index (κ1) is 11.4. The number of hydrogen-bond acceptors (Lipinski definition) is 4. The molecular weight excluding hydrogens is 221 g/mol. The second-order valence-electron chi connectivity index (χ2n) is 2.73. The lowest BCUT2D eigenvalue weighted by atomic mass is 10.2. The number of benzene rings is 1. The number of nitrogens with two attached hydrogens (primary N) is 1. The largest absolute Gasteiger partial charge is 0.379 e. The molecule has 0 atom stereocenters. The van der Waals surface area contributed by atoms with Crippen molar-refractivity contribution in [2.45, 2.75) is 5.75 Å². The highest BCUT2D eigenvalue weighted by molar-refractivity contribution is 8.13. The van der Waals surface area contributed by atoms with Crippen molar-refractivity contribution in [1.82, 2.24) is 0 Å². The molecular formula is C8H8FN3O2S. The Balaban J connectivity index is 2.88. The van der Waals surface area contributed by atoms with Crippen molar-refractivity contribution in [2.75, 3.05) is 0 Å². The van der Waals surface area contributed by atoms with Gasteiger partial charge in [-0.2, -0.15) is 0 Å². The first-order valence-electron chi connectivity index (χ1n) is 3.89. The van der Waals surface area contributed by atoms with Gasteiger partial charge in [-0.05, 0) is 11.6 Å². The highest BCUT2D eigenvalue weighted by atomic mass is 32.2. The number of nitrogens with zero attached hydrogens (tertiary/aromatic N) is 1. The van der Waals surface area contributed by atoms with Crippen LogP contribution in [-0.2, 0) is 5.75 Å². The van der Waals surface area contributed by atoms with Crippen LogP contribution in [0.15, 0.2) is 18.2 Å². The molecule has 1 aromatic rings. The first-order valence-corrected chi connectivity index (χ1v) is 4.88. The normalized spacial score (nSPS) is 9.93. The number of rotatable bonds is 3. The van der Waals surface area contributed by atoms with Crippen LogP contribution in [0.4, 0.5) is 10.1 Å². The highest BCUT2D eigenvalue weighted by Gasteiger charge is 2.09. The molecule has 0 aliphatic heterocycles. The minimum atomic E-state index is -0.664. The predicted octanol–water partition coefficient (Wildman–Crippen LogP) is 1.86. The maximum Gasteiger partial charge on any atom is 0.272 e. The van der Waals surface area contributed by atoms with Gasteiger partial charge in [-0.15, -0.1) is 0 Å². The zero-order valence-electron chi connectivity index (χ0n) is 7.57. The van der Waals surface area contributed by atoms with E-state index in [1.54, 1.807) is 0 Å². The SMILES string of the molecule is N=C(N)SCc1cc(F)cc([N+](=O)[O-])c1. The van der Waals surface area contributed by atoms with Gasteiger partial charge in [0.2, 0.25) is 0 Å². The lowest BCUT2D eigenvalue weighted by Crippen LogP contribution is -2.04. The summed E-state index contributed by atoms with van der Waals surface area (Å²) in [5.41, 5.74) is 5.23. The fourth-order valence-electron chi connectivity index (χ4n) is 0.983. The summed E-state index contributed by atoms with van der Waals surface area (Å²) in [7, 11) is 0. The van der Waals surface area contributed by atoms with E-state index in [2.05, 4.69) is 0 Å². The minimum absolute atomic E-state index is 0.109. The van der Waals surface area contributed by atoms with E-state index in [-0.39, 0.29) is 16.6 Å². The average Bonchev–Trinajstić information content (AvgIpc) is 2.13. The van der Waals surface area contributed by atoms with Gasteiger partial charge in [0.1, 0.15) is 5.82 Å². The van der Waals surface area contributed by atoms with E-state index in [4.69, 9.17) is 11.1 Å². The summed E-state index contributed by atoms with van der Waals surface area (Å²) in [5.74, 6) is -0.420. The highest BCUT2D eigenvalue weighted by Crippen LogP contribution is 2.19. The molecule has 0 radical (unpaired) electrons. The number of halogens is 1. The third kappa shape index (κ3) is 3.55. The third-order valence-corrected chi connectivity index (χ3v) is 2.34. The van der Waals surface area contributed by atoms with Gasteiger partial charge in [-0.1, -0.05) is 11.8 Å². The van der Waals surface area contributed by atoms with Gasteiger partial charge in [-0.25, -0.2) is 4.39 Å². The maximum absolute atomic E-state index is 12.9. The van der Waals surface area contributed by atoms with Crippen LogP contribution in [-0.4, -0.2) is 10.1 Å². The standard InChI is InChI=1S/C8H8FN3O2S/c9-6-1-5(4-15-8(10)11)2-7(3-6)12(13)14/h1-3H,4H2,(H3,10,11). The van der Waals surface area contributed by atoms with Crippen molar-refractivity contribution in [3.05, 3.63) is 39.7 Å². The molecule has 0 aliphatic carbocycles. The molecule has 0 fully saturated rings. The molecule has 0 saturated heterocycles. The molecule has 0 unspecified atom stereocenters. The number of nitrogens with one attached hydrogen (secondary N) is 1. The average molecular weight is 229 g/mol. The zero-order valence-corrected chi connectivity index (χ0v) is 8.38. The van der Waals surface area contributed by atoms with Gasteiger partial charge in [0.05, 0.1) is 11.0 Å². The summed E-state index contributed by atoms with van der Waals surface area (Å²) < 4.78 is 12.9. The van der Waals surface area contributed by atoms with E-state index in [9.17, 15) is 14.5 Å². The zero-order chi connectivity index (χ0) is 11.4. The van der Waals surface area contributed by atoms with E-state index in [1.807, 2.05) is 0 Å². The van der Waals surface area contributed by atoms with Crippen LogP contribution < -0.4 is 5.73 Å². The molecule has 7 heteroatoms. The van der Waals surface area contributed by atoms with Crippen LogP contribution in [0.1, 0.15) is 5.56 Å². The van der Waals surface area contributed by atoms with Crippen LogP contribution in [0.3, 0.4) is 0 Å². The number of nitro benzene ring substituents is 1. The number of amidine groups is 1. The van der Waals surface area contributed by atoms with Crippen molar-refractivity contribution in [2.24, 2.45) is 5.73 Å². The first-order chi connectivity index (χ1) is 6.99. The van der Waals surface area contributed by atoms with Crippen molar-refractivity contribution in [3.63, 3.8) is 0 Å². The molecule has 5 nitrogen and oxygen atoms in total. The molecule has 0 heterocycles. The quantitative estimate of drug-likeness (QED) is 0.358. The second-order valence-corrected chi connectivity index (χ2v) is 3.74. The van der Waals surface area contributed by atoms with Crippen molar-refractivity contribution >= 4 is 22.6 Å². The molecule has 0 saturated carbocycles. The molecule has 3 N–H and O–H groups in total. The maximum atomic E-state index is 12.9. The Morgan fingerprint density at radius 1 is 1.60 bits per heavy atom. The predicted molar refractivity (Wildman–Crippen MR) is 56.3 cm³/mol. The monoisotopic (exact) mass is 229 g/mol. The summed E-state index contributed by atoms with van der Waals surface area (Å²) in [6.45, 7) is 0. The van der Waals surface area contributed by atoms with Gasteiger partial charge < -0.3 is 5.73 Å². The molecule has 0 bridgehead atoms. The molecule has 0 aromatic heterocycles. The van der Waals surface area contributed by atoms with E-state index in [1.165, 1.54) is 12.1 Å². The van der Waals surface area contributed by atoms with E-state index in [0.29, 0.717) is 5.56 Å². The number of non-ortho nitro benzene ring substituents is 1. The number of hydrogen-bond donors (Lipinski definition) is 2. The molecule has 1 aromatic carbocycles. The minimum Gasteiger partial charge on any atom is -0.379 e. The molecule has 1 rings (SSSR count). The van der Waals surface area contributed by atoms with Crippen LogP contribution in [0.25, 0.3) is 0 Å². The second kappa shape index (κ2) is 4.74. The fraction of sp³-hybridized carbons (Fsp3) is 0.125. The lowest BCUT2D eigenvalue weighted by Gasteiger charge is -2.00. The third-order valence-electron chi connectivity index (χ3n) is 1.55. The van der Waals surface area contributed by atoms with E-state index >= 15 is 0 Å². The van der Waals surface area contributed by atoms with E-state index < -0.39 is 10.7 Å². The summed E-state index contributed by atoms with van der Waals surface area (Å²) >= 11 is 0.985. The van der Waals surface area contributed by atoms with Gasteiger partial charge >= 0.3 is 0 Å². The van der Waals surface area contributed by atoms with Crippen LogP contribution in [0.2, 0.25) is 0 Å². The van der Waals surface area contributed by atoms with Crippen LogP contribution in [0, 0.1) is 21.3 Å². The topological polar surface area (TPSA) is 93.0 Å². The molecule has 80 valence electrons. The van der Waals surface area contributed by atoms with Gasteiger partial charge in [0.15, 0.2) is 5.17 Å². The number of thioether (sulfide) groups is 1. The Kier molecular flexibility index (Phi) is 3.62. The van der Waals surface area contributed by atoms with Crippen LogP contribution in [0.5, 0.6) is 0 Å². The summed E-state index contributed by atoms with van der Waals surface area (Å²) in [6.07, 6.45) is 0. The van der Waals surface area contributed by atoms with Crippen molar-refractivity contribution in [1.29, 1.82) is 5.41 Å². The summed E-state index contributed by atoms with van der Waals surface area (Å²) in [4.78, 5) is 9.75. The molecule has 0 aliphatic rings. The van der Waals surface area contributed by atoms with Gasteiger partial charge in [0.25, 0.3) is 5.69 Å². The Hall–Kier alpha value is -1.63.